The molecule has 0 bridgehead atoms. The van der Waals surface area contributed by atoms with E-state index in [4.69, 9.17) is 9.15 Å². The summed E-state index contributed by atoms with van der Waals surface area (Å²) in [5, 5.41) is 3.42. The Morgan fingerprint density at radius 1 is 1.35 bits per heavy atom. The van der Waals surface area contributed by atoms with Crippen molar-refractivity contribution in [3.05, 3.63) is 23.7 Å². The Morgan fingerprint density at radius 3 is 2.76 bits per heavy atom. The number of nitrogens with one attached hydrogen (secondary N) is 1. The number of furan rings is 1. The molecule has 2 fully saturated rings. The van der Waals surface area contributed by atoms with Crippen LogP contribution in [0.4, 0.5) is 0 Å². The topological polar surface area (TPSA) is 34.4 Å². The zero-order chi connectivity index (χ0) is 11.8. The summed E-state index contributed by atoms with van der Waals surface area (Å²) in [6.45, 7) is 0.562. The summed E-state index contributed by atoms with van der Waals surface area (Å²) < 4.78 is 10.9. The van der Waals surface area contributed by atoms with E-state index < -0.39 is 0 Å². The Labute approximate surface area is 103 Å². The number of fused-ring (bicyclic) bond motifs is 1. The molecule has 3 atom stereocenters. The highest BCUT2D eigenvalue weighted by Crippen LogP contribution is 2.57. The predicted molar refractivity (Wildman–Crippen MR) is 65.5 cm³/mol. The maximum absolute atomic E-state index is 5.85. The Hall–Kier alpha value is -0.800. The van der Waals surface area contributed by atoms with Gasteiger partial charge in [-0.25, -0.2) is 0 Å². The molecule has 0 amide bonds. The molecule has 3 nitrogen and oxygen atoms in total. The summed E-state index contributed by atoms with van der Waals surface area (Å²) in [4.78, 5) is 0. The molecule has 0 aliphatic heterocycles. The number of hydrogen-bond acceptors (Lipinski definition) is 3. The van der Waals surface area contributed by atoms with Crippen LogP contribution in [0, 0.1) is 17.8 Å². The number of hydrogen-bond donors (Lipinski definition) is 1. The van der Waals surface area contributed by atoms with Gasteiger partial charge >= 0.3 is 0 Å². The fourth-order valence-corrected chi connectivity index (χ4v) is 3.43. The largest absolute Gasteiger partial charge is 0.462 e. The molecule has 3 unspecified atom stereocenters. The number of ether oxygens (including phenoxy) is 1. The van der Waals surface area contributed by atoms with Crippen molar-refractivity contribution in [1.29, 1.82) is 0 Å². The van der Waals surface area contributed by atoms with Gasteiger partial charge in [-0.3, -0.25) is 0 Å². The summed E-state index contributed by atoms with van der Waals surface area (Å²) in [5.74, 6) is 4.79. The molecule has 2 aliphatic rings. The van der Waals surface area contributed by atoms with Gasteiger partial charge in [0.05, 0.1) is 6.04 Å². The van der Waals surface area contributed by atoms with Crippen LogP contribution in [0.25, 0.3) is 0 Å². The maximum Gasteiger partial charge on any atom is 0.129 e. The van der Waals surface area contributed by atoms with E-state index in [1.807, 2.05) is 13.1 Å². The van der Waals surface area contributed by atoms with Gasteiger partial charge in [0.2, 0.25) is 0 Å². The zero-order valence-corrected chi connectivity index (χ0v) is 10.6. The minimum Gasteiger partial charge on any atom is -0.462 e. The van der Waals surface area contributed by atoms with E-state index in [1.54, 1.807) is 7.11 Å². The van der Waals surface area contributed by atoms with Gasteiger partial charge in [-0.1, -0.05) is 0 Å². The molecule has 0 saturated heterocycles. The fourth-order valence-electron chi connectivity index (χ4n) is 3.43. The van der Waals surface area contributed by atoms with Crippen LogP contribution in [-0.4, -0.2) is 14.2 Å². The molecule has 2 saturated carbocycles. The number of methoxy groups -OCH3 is 1. The van der Waals surface area contributed by atoms with E-state index in [0.29, 0.717) is 12.6 Å². The molecular weight excluding hydrogens is 214 g/mol. The summed E-state index contributed by atoms with van der Waals surface area (Å²) in [7, 11) is 3.73. The third-order valence-electron chi connectivity index (χ3n) is 4.34. The van der Waals surface area contributed by atoms with Crippen molar-refractivity contribution >= 4 is 0 Å². The molecular formula is C14H21NO2. The molecule has 0 radical (unpaired) electrons. The van der Waals surface area contributed by atoms with Gasteiger partial charge in [0.25, 0.3) is 0 Å². The quantitative estimate of drug-likeness (QED) is 0.852. The van der Waals surface area contributed by atoms with Gasteiger partial charge in [0, 0.05) is 7.11 Å². The second kappa shape index (κ2) is 4.46. The van der Waals surface area contributed by atoms with Crippen molar-refractivity contribution in [2.75, 3.05) is 14.2 Å². The highest BCUT2D eigenvalue weighted by molar-refractivity contribution is 5.13. The lowest BCUT2D eigenvalue weighted by molar-refractivity contribution is 0.159. The third kappa shape index (κ3) is 2.14. The van der Waals surface area contributed by atoms with Gasteiger partial charge in [-0.2, -0.15) is 0 Å². The fraction of sp³-hybridized carbons (Fsp3) is 0.714. The van der Waals surface area contributed by atoms with Crippen molar-refractivity contribution in [2.24, 2.45) is 17.8 Å². The van der Waals surface area contributed by atoms with E-state index in [-0.39, 0.29) is 0 Å². The molecule has 1 N–H and O–H groups in total. The standard InChI is InChI=1S/C14H21NO2/c1-15-14(11-6-9-5-10(9)7-11)13-4-3-12(17-13)8-16-2/h3-4,9-11,14-15H,5-8H2,1-2H3. The smallest absolute Gasteiger partial charge is 0.129 e. The maximum atomic E-state index is 5.85. The van der Waals surface area contributed by atoms with Gasteiger partial charge < -0.3 is 14.5 Å². The average Bonchev–Trinajstić information content (AvgIpc) is 2.77. The van der Waals surface area contributed by atoms with E-state index in [1.165, 1.54) is 19.3 Å². The second-order valence-corrected chi connectivity index (χ2v) is 5.49. The molecule has 0 spiro atoms. The Morgan fingerprint density at radius 2 is 2.12 bits per heavy atom. The highest BCUT2D eigenvalue weighted by atomic mass is 16.5. The SMILES string of the molecule is CNC(c1ccc(COC)o1)C1CC2CC2C1. The van der Waals surface area contributed by atoms with Gasteiger partial charge in [0.1, 0.15) is 18.1 Å². The van der Waals surface area contributed by atoms with Crippen molar-refractivity contribution in [2.45, 2.75) is 31.9 Å². The second-order valence-electron chi connectivity index (χ2n) is 5.49. The summed E-state index contributed by atoms with van der Waals surface area (Å²) >= 11 is 0. The normalized spacial score (nSPS) is 32.5. The van der Waals surface area contributed by atoms with E-state index >= 15 is 0 Å². The number of rotatable bonds is 5. The first kappa shape index (κ1) is 11.3. The molecule has 3 rings (SSSR count). The molecule has 1 aromatic rings. The van der Waals surface area contributed by atoms with E-state index in [2.05, 4.69) is 11.4 Å². The van der Waals surface area contributed by atoms with Gasteiger partial charge in [-0.05, 0) is 56.2 Å². The molecule has 3 heteroatoms. The lowest BCUT2D eigenvalue weighted by Crippen LogP contribution is -2.24. The van der Waals surface area contributed by atoms with Crippen LogP contribution in [0.3, 0.4) is 0 Å². The molecule has 1 heterocycles. The first-order valence-electron chi connectivity index (χ1n) is 6.56. The first-order chi connectivity index (χ1) is 8.31. The lowest BCUT2D eigenvalue weighted by Gasteiger charge is -2.22. The van der Waals surface area contributed by atoms with Crippen molar-refractivity contribution in [3.8, 4) is 0 Å². The molecule has 2 aliphatic carbocycles. The lowest BCUT2D eigenvalue weighted by atomic mass is 9.93. The minimum atomic E-state index is 0.383. The van der Waals surface area contributed by atoms with Crippen LogP contribution in [0.1, 0.15) is 36.8 Å². The van der Waals surface area contributed by atoms with Crippen molar-refractivity contribution in [3.63, 3.8) is 0 Å². The molecule has 94 valence electrons. The van der Waals surface area contributed by atoms with Crippen LogP contribution in [0.5, 0.6) is 0 Å². The Balaban J connectivity index is 1.70. The third-order valence-corrected chi connectivity index (χ3v) is 4.34. The van der Waals surface area contributed by atoms with Crippen LogP contribution < -0.4 is 5.32 Å². The Bertz CT molecular complexity index is 377. The minimum absolute atomic E-state index is 0.383. The zero-order valence-electron chi connectivity index (χ0n) is 10.6. The average molecular weight is 235 g/mol. The van der Waals surface area contributed by atoms with Gasteiger partial charge in [0.15, 0.2) is 0 Å². The van der Waals surface area contributed by atoms with E-state index in [0.717, 1.165) is 29.3 Å². The van der Waals surface area contributed by atoms with E-state index in [9.17, 15) is 0 Å². The summed E-state index contributed by atoms with van der Waals surface area (Å²) in [6, 6.07) is 4.51. The van der Waals surface area contributed by atoms with Crippen molar-refractivity contribution < 1.29 is 9.15 Å². The van der Waals surface area contributed by atoms with Crippen LogP contribution >= 0.6 is 0 Å². The van der Waals surface area contributed by atoms with Crippen LogP contribution in [-0.2, 0) is 11.3 Å². The molecule has 17 heavy (non-hydrogen) atoms. The van der Waals surface area contributed by atoms with Crippen molar-refractivity contribution in [1.82, 2.24) is 5.32 Å². The Kier molecular flexibility index (Phi) is 2.97. The molecule has 1 aromatic heterocycles. The monoisotopic (exact) mass is 235 g/mol. The van der Waals surface area contributed by atoms with Gasteiger partial charge in [-0.15, -0.1) is 0 Å². The van der Waals surface area contributed by atoms with Crippen LogP contribution in [0.15, 0.2) is 16.5 Å². The summed E-state index contributed by atoms with van der Waals surface area (Å²) in [6.07, 6.45) is 4.22. The van der Waals surface area contributed by atoms with Crippen LogP contribution in [0.2, 0.25) is 0 Å². The molecule has 0 aromatic carbocycles. The first-order valence-corrected chi connectivity index (χ1v) is 6.56. The summed E-state index contributed by atoms with van der Waals surface area (Å²) in [5.41, 5.74) is 0. The highest BCUT2D eigenvalue weighted by Gasteiger charge is 2.48. The predicted octanol–water partition coefficient (Wildman–Crippen LogP) is 2.73.